The summed E-state index contributed by atoms with van der Waals surface area (Å²) in [5, 5.41) is 8.38. The molecule has 0 unspecified atom stereocenters. The monoisotopic (exact) mass is 361 g/mol. The number of hydrogen-bond acceptors (Lipinski definition) is 4. The minimum atomic E-state index is -0.445. The number of aromatic nitrogens is 3. The summed E-state index contributed by atoms with van der Waals surface area (Å²) >= 11 is -0.257. The first-order chi connectivity index (χ1) is 10.7. The fraction of sp³-hybridized carbons (Fsp3) is 0. The summed E-state index contributed by atoms with van der Waals surface area (Å²) in [5.74, 6) is -0.382. The number of benzene rings is 2. The first-order valence-corrected chi connectivity index (χ1v) is 8.06. The van der Waals surface area contributed by atoms with Gasteiger partial charge in [0.25, 0.3) is 0 Å². The van der Waals surface area contributed by atoms with Crippen molar-refractivity contribution in [2.45, 2.75) is 0 Å². The molecule has 2 heterocycles. The van der Waals surface area contributed by atoms with Crippen LogP contribution in [0.2, 0.25) is 0 Å². The van der Waals surface area contributed by atoms with Crippen LogP contribution in [0, 0.1) is 5.82 Å². The molecule has 0 fully saturated rings. The number of fused-ring (bicyclic) bond motifs is 1. The van der Waals surface area contributed by atoms with Crippen molar-refractivity contribution in [3.63, 3.8) is 0 Å². The van der Waals surface area contributed by atoms with Gasteiger partial charge in [0, 0.05) is 0 Å². The summed E-state index contributed by atoms with van der Waals surface area (Å²) in [6.07, 6.45) is 0. The van der Waals surface area contributed by atoms with Crippen LogP contribution in [0.4, 0.5) is 4.39 Å². The fourth-order valence-electron chi connectivity index (χ4n) is 2.14. The fourth-order valence-corrected chi connectivity index (χ4v) is 4.08. The Morgan fingerprint density at radius 1 is 1.05 bits per heavy atom. The van der Waals surface area contributed by atoms with Crippen molar-refractivity contribution in [1.29, 1.82) is 0 Å². The molecule has 4 aromatic rings. The normalized spacial score (nSPS) is 11.1. The molecule has 5 nitrogen and oxygen atoms in total. The Kier molecular flexibility index (Phi) is 3.02. The van der Waals surface area contributed by atoms with Gasteiger partial charge in [0.1, 0.15) is 0 Å². The Morgan fingerprint density at radius 2 is 1.82 bits per heavy atom. The van der Waals surface area contributed by atoms with Crippen LogP contribution in [-0.4, -0.2) is 28.5 Å². The average molecular weight is 360 g/mol. The molecule has 108 valence electrons. The van der Waals surface area contributed by atoms with Crippen LogP contribution in [0.1, 0.15) is 0 Å². The molecule has 0 radical (unpaired) electrons. The number of halogens is 1. The molecule has 7 heteroatoms. The maximum atomic E-state index is 13.7. The molecule has 0 bridgehead atoms. The van der Waals surface area contributed by atoms with Gasteiger partial charge in [-0.25, -0.2) is 0 Å². The van der Waals surface area contributed by atoms with Crippen LogP contribution in [0.15, 0.2) is 57.7 Å². The molecule has 0 atom stereocenters. The van der Waals surface area contributed by atoms with Gasteiger partial charge >= 0.3 is 129 Å². The Labute approximate surface area is 129 Å². The molecule has 0 aliphatic carbocycles. The summed E-state index contributed by atoms with van der Waals surface area (Å²) in [6, 6.07) is 13.6. The van der Waals surface area contributed by atoms with E-state index in [1.165, 1.54) is 9.63 Å². The van der Waals surface area contributed by atoms with Crippen molar-refractivity contribution in [3.8, 4) is 17.5 Å². The van der Waals surface area contributed by atoms with Gasteiger partial charge in [-0.3, -0.25) is 0 Å². The number of rotatable bonds is 2. The van der Waals surface area contributed by atoms with E-state index in [0.29, 0.717) is 5.39 Å². The predicted molar refractivity (Wildman–Crippen MR) is 79.7 cm³/mol. The van der Waals surface area contributed by atoms with Gasteiger partial charge in [0.05, 0.1) is 0 Å². The van der Waals surface area contributed by atoms with Crippen molar-refractivity contribution in [3.05, 3.63) is 64.7 Å². The van der Waals surface area contributed by atoms with E-state index in [9.17, 15) is 9.18 Å². The first-order valence-electron chi connectivity index (χ1n) is 6.44. The zero-order valence-corrected chi connectivity index (χ0v) is 12.8. The summed E-state index contributed by atoms with van der Waals surface area (Å²) in [5.41, 5.74) is 0.0530. The van der Waals surface area contributed by atoms with Gasteiger partial charge in [-0.15, -0.1) is 0 Å². The Balaban J connectivity index is 1.86. The van der Waals surface area contributed by atoms with E-state index in [0.717, 1.165) is 4.26 Å². The van der Waals surface area contributed by atoms with E-state index in [2.05, 4.69) is 10.2 Å². The third-order valence-corrected chi connectivity index (χ3v) is 5.40. The molecule has 0 aliphatic rings. The summed E-state index contributed by atoms with van der Waals surface area (Å²) in [7, 11) is 0. The topological polar surface area (TPSA) is 60.9 Å². The minimum absolute atomic E-state index is 0.0626. The van der Waals surface area contributed by atoms with Gasteiger partial charge in [-0.1, -0.05) is 0 Å². The molecule has 2 aromatic carbocycles. The van der Waals surface area contributed by atoms with Crippen LogP contribution in [0.25, 0.3) is 27.1 Å². The van der Waals surface area contributed by atoms with Crippen molar-refractivity contribution in [2.24, 2.45) is 0 Å². The molecule has 2 aromatic heterocycles. The van der Waals surface area contributed by atoms with Gasteiger partial charge < -0.3 is 0 Å². The van der Waals surface area contributed by atoms with Crippen molar-refractivity contribution >= 4 is 24.4 Å². The van der Waals surface area contributed by atoms with Crippen LogP contribution in [0.3, 0.4) is 0 Å². The second kappa shape index (κ2) is 5.05. The van der Waals surface area contributed by atoms with Gasteiger partial charge in [0.2, 0.25) is 0 Å². The molecular formula is C15H8FN3O2Se. The van der Waals surface area contributed by atoms with Gasteiger partial charge in [-0.05, 0) is 0 Å². The van der Waals surface area contributed by atoms with E-state index in [-0.39, 0.29) is 37.8 Å². The summed E-state index contributed by atoms with van der Waals surface area (Å²) in [6.45, 7) is 0. The molecular weight excluding hydrogens is 352 g/mol. The zero-order chi connectivity index (χ0) is 15.1. The first kappa shape index (κ1) is 13.2. The van der Waals surface area contributed by atoms with Gasteiger partial charge in [0.15, 0.2) is 0 Å². The zero-order valence-electron chi connectivity index (χ0n) is 11.1. The maximum absolute atomic E-state index is 13.7. The second-order valence-corrected chi connectivity index (χ2v) is 6.63. The average Bonchev–Trinajstić information content (AvgIpc) is 3.13. The third-order valence-electron chi connectivity index (χ3n) is 3.18. The molecule has 0 amide bonds. The van der Waals surface area contributed by atoms with Crippen molar-refractivity contribution in [1.82, 2.24) is 13.8 Å². The van der Waals surface area contributed by atoms with Crippen LogP contribution >= 0.6 is 0 Å². The predicted octanol–water partition coefficient (Wildman–Crippen LogP) is 2.24. The van der Waals surface area contributed by atoms with Crippen molar-refractivity contribution in [2.75, 3.05) is 0 Å². The molecule has 0 N–H and O–H groups in total. The van der Waals surface area contributed by atoms with Crippen LogP contribution in [-0.2, 0) is 0 Å². The Morgan fingerprint density at radius 3 is 2.64 bits per heavy atom. The Hall–Kier alpha value is -2.50. The van der Waals surface area contributed by atoms with E-state index in [4.69, 9.17) is 4.42 Å². The summed E-state index contributed by atoms with van der Waals surface area (Å²) < 4.78 is 21.7. The molecule has 0 spiro atoms. The van der Waals surface area contributed by atoms with E-state index in [1.807, 2.05) is 18.2 Å². The van der Waals surface area contributed by atoms with E-state index < -0.39 is 5.82 Å². The number of nitrogens with zero attached hydrogens (tertiary/aromatic N) is 3. The molecule has 22 heavy (non-hydrogen) atoms. The summed E-state index contributed by atoms with van der Waals surface area (Å²) in [4.78, 5) is 12.3. The quantitative estimate of drug-likeness (QED) is 0.515. The number of hydrogen-bond donors (Lipinski definition) is 0. The van der Waals surface area contributed by atoms with E-state index in [1.54, 1.807) is 24.3 Å². The third kappa shape index (κ3) is 2.03. The molecule has 0 aliphatic heterocycles. The molecule has 0 saturated carbocycles. The van der Waals surface area contributed by atoms with Gasteiger partial charge in [-0.2, -0.15) is 0 Å². The standard InChI is InChI=1S/C15H8FN3O2Se/c16-11-7-3-1-5-9(11)13-17-18-15(21-13)19-14(20)10-6-2-4-8-12(10)22-19/h1-8H. The Bertz CT molecular complexity index is 1030. The van der Waals surface area contributed by atoms with Crippen LogP contribution in [0.5, 0.6) is 0 Å². The van der Waals surface area contributed by atoms with Crippen LogP contribution < -0.4 is 5.56 Å². The molecule has 0 saturated heterocycles. The SMILES string of the molecule is O=c1c2ccccc2[se]n1-c1nnc(-c2ccccc2F)o1. The van der Waals surface area contributed by atoms with E-state index >= 15 is 0 Å². The molecule has 4 rings (SSSR count). The van der Waals surface area contributed by atoms with Crippen molar-refractivity contribution < 1.29 is 8.81 Å². The second-order valence-electron chi connectivity index (χ2n) is 4.56.